The van der Waals surface area contributed by atoms with Gasteiger partial charge < -0.3 is 4.90 Å². The number of likely N-dealkylation sites (tertiary alicyclic amines) is 1. The van der Waals surface area contributed by atoms with Crippen molar-refractivity contribution >= 4 is 15.7 Å². The fourth-order valence-corrected chi connectivity index (χ4v) is 4.95. The third kappa shape index (κ3) is 2.89. The summed E-state index contributed by atoms with van der Waals surface area (Å²) < 4.78 is 25.0. The van der Waals surface area contributed by atoms with Gasteiger partial charge in [0, 0.05) is 38.6 Å². The van der Waals surface area contributed by atoms with Crippen LogP contribution in [-0.4, -0.2) is 77.6 Å². The molecular formula is C14H22N4O3S. The number of rotatable bonds is 4. The highest BCUT2D eigenvalue weighted by molar-refractivity contribution is 7.91. The Hall–Kier alpha value is -1.41. The van der Waals surface area contributed by atoms with E-state index in [2.05, 4.69) is 10.00 Å². The van der Waals surface area contributed by atoms with Crippen molar-refractivity contribution in [3.8, 4) is 0 Å². The van der Waals surface area contributed by atoms with Crippen molar-refractivity contribution in [2.45, 2.75) is 31.5 Å². The van der Waals surface area contributed by atoms with Gasteiger partial charge in [0.1, 0.15) is 0 Å². The highest BCUT2D eigenvalue weighted by atomic mass is 32.2. The Kier molecular flexibility index (Phi) is 3.98. The summed E-state index contributed by atoms with van der Waals surface area (Å²) in [6.07, 6.45) is 4.24. The van der Waals surface area contributed by atoms with E-state index in [4.69, 9.17) is 0 Å². The molecule has 0 radical (unpaired) electrons. The molecule has 7 nitrogen and oxygen atoms in total. The Morgan fingerprint density at radius 1 is 1.41 bits per heavy atom. The zero-order valence-electron chi connectivity index (χ0n) is 12.9. The molecule has 0 aliphatic carbocycles. The molecule has 0 aromatic carbocycles. The standard InChI is InChI=1S/C14H22N4O3S/c1-11(17-8-13(9-17)18-6-3-5-15-18)14(19)16(2)12-4-7-22(20,21)10-12/h3,5-6,11-13H,4,7-10H2,1-2H3. The number of hydrogen-bond acceptors (Lipinski definition) is 5. The Balaban J connectivity index is 1.54. The molecule has 1 aromatic heterocycles. The van der Waals surface area contributed by atoms with Crippen LogP contribution in [-0.2, 0) is 14.6 Å². The van der Waals surface area contributed by atoms with Gasteiger partial charge >= 0.3 is 0 Å². The molecular weight excluding hydrogens is 304 g/mol. The first-order valence-electron chi connectivity index (χ1n) is 7.57. The van der Waals surface area contributed by atoms with Crippen LogP contribution in [0.3, 0.4) is 0 Å². The topological polar surface area (TPSA) is 75.5 Å². The molecule has 2 fully saturated rings. The first kappa shape index (κ1) is 15.5. The summed E-state index contributed by atoms with van der Waals surface area (Å²) in [6.45, 7) is 3.48. The molecule has 2 saturated heterocycles. The maximum absolute atomic E-state index is 12.5. The lowest BCUT2D eigenvalue weighted by Crippen LogP contribution is -2.57. The lowest BCUT2D eigenvalue weighted by atomic mass is 10.0. The van der Waals surface area contributed by atoms with Crippen LogP contribution in [0.25, 0.3) is 0 Å². The van der Waals surface area contributed by atoms with Crippen molar-refractivity contribution in [1.82, 2.24) is 19.6 Å². The van der Waals surface area contributed by atoms with E-state index in [9.17, 15) is 13.2 Å². The van der Waals surface area contributed by atoms with E-state index in [1.165, 1.54) is 0 Å². The summed E-state index contributed by atoms with van der Waals surface area (Å²) in [5.74, 6) is 0.285. The molecule has 1 amide bonds. The first-order chi connectivity index (χ1) is 10.4. The number of nitrogens with zero attached hydrogens (tertiary/aromatic N) is 4. The lowest BCUT2D eigenvalue weighted by Gasteiger charge is -2.43. The first-order valence-corrected chi connectivity index (χ1v) is 9.40. The van der Waals surface area contributed by atoms with Crippen LogP contribution in [0, 0.1) is 0 Å². The maximum Gasteiger partial charge on any atom is 0.239 e. The van der Waals surface area contributed by atoms with Crippen molar-refractivity contribution in [3.05, 3.63) is 18.5 Å². The average molecular weight is 326 g/mol. The third-order valence-corrected chi connectivity index (χ3v) is 6.55. The van der Waals surface area contributed by atoms with Crippen LogP contribution in [0.2, 0.25) is 0 Å². The van der Waals surface area contributed by atoms with Crippen molar-refractivity contribution in [2.75, 3.05) is 31.6 Å². The number of carbonyl (C=O) groups is 1. The normalized spacial score (nSPS) is 26.5. The van der Waals surface area contributed by atoms with Gasteiger partial charge in [-0.2, -0.15) is 5.10 Å². The molecule has 0 bridgehead atoms. The average Bonchev–Trinajstić information content (AvgIpc) is 3.04. The highest BCUT2D eigenvalue weighted by Crippen LogP contribution is 2.24. The van der Waals surface area contributed by atoms with Crippen molar-refractivity contribution < 1.29 is 13.2 Å². The molecule has 2 aliphatic rings. The Morgan fingerprint density at radius 3 is 2.68 bits per heavy atom. The summed E-state index contributed by atoms with van der Waals surface area (Å²) in [4.78, 5) is 16.3. The predicted octanol–water partition coefficient (Wildman–Crippen LogP) is -0.226. The number of hydrogen-bond donors (Lipinski definition) is 0. The second-order valence-corrected chi connectivity index (χ2v) is 8.50. The van der Waals surface area contributed by atoms with E-state index in [0.29, 0.717) is 12.5 Å². The number of aromatic nitrogens is 2. The highest BCUT2D eigenvalue weighted by Gasteiger charge is 2.39. The minimum Gasteiger partial charge on any atom is -0.340 e. The quantitative estimate of drug-likeness (QED) is 0.764. The second-order valence-electron chi connectivity index (χ2n) is 6.28. The van der Waals surface area contributed by atoms with Gasteiger partial charge in [0.05, 0.1) is 23.6 Å². The fourth-order valence-electron chi connectivity index (χ4n) is 3.18. The number of amides is 1. The number of sulfone groups is 1. The van der Waals surface area contributed by atoms with Gasteiger partial charge in [-0.3, -0.25) is 14.4 Å². The molecule has 22 heavy (non-hydrogen) atoms. The van der Waals surface area contributed by atoms with Crippen LogP contribution in [0.5, 0.6) is 0 Å². The molecule has 8 heteroatoms. The summed E-state index contributed by atoms with van der Waals surface area (Å²) in [5.41, 5.74) is 0. The molecule has 0 spiro atoms. The van der Waals surface area contributed by atoms with Crippen molar-refractivity contribution in [1.29, 1.82) is 0 Å². The van der Waals surface area contributed by atoms with Crippen molar-refractivity contribution in [3.63, 3.8) is 0 Å². The second kappa shape index (κ2) is 5.66. The summed E-state index contributed by atoms with van der Waals surface area (Å²) >= 11 is 0. The van der Waals surface area contributed by atoms with E-state index in [0.717, 1.165) is 13.1 Å². The molecule has 2 atom stereocenters. The minimum absolute atomic E-state index is 0.000940. The van der Waals surface area contributed by atoms with E-state index in [-0.39, 0.29) is 29.5 Å². The molecule has 3 rings (SSSR count). The smallest absolute Gasteiger partial charge is 0.239 e. The van der Waals surface area contributed by atoms with Gasteiger partial charge in [0.15, 0.2) is 9.84 Å². The van der Waals surface area contributed by atoms with Gasteiger partial charge in [0.25, 0.3) is 0 Å². The van der Waals surface area contributed by atoms with Crippen molar-refractivity contribution in [2.24, 2.45) is 0 Å². The molecule has 1 aromatic rings. The SMILES string of the molecule is CC(C(=O)N(C)C1CCS(=O)(=O)C1)N1CC(n2cccn2)C1. The maximum atomic E-state index is 12.5. The third-order valence-electron chi connectivity index (χ3n) is 4.80. The molecule has 0 saturated carbocycles. The summed E-state index contributed by atoms with van der Waals surface area (Å²) in [7, 11) is -1.25. The molecule has 3 heterocycles. The van der Waals surface area contributed by atoms with Crippen LogP contribution >= 0.6 is 0 Å². The van der Waals surface area contributed by atoms with E-state index in [1.807, 2.05) is 23.9 Å². The minimum atomic E-state index is -2.97. The van der Waals surface area contributed by atoms with Gasteiger partial charge in [0.2, 0.25) is 5.91 Å². The largest absolute Gasteiger partial charge is 0.340 e. The molecule has 0 N–H and O–H groups in total. The number of carbonyl (C=O) groups excluding carboxylic acids is 1. The zero-order chi connectivity index (χ0) is 15.9. The van der Waals surface area contributed by atoms with E-state index < -0.39 is 9.84 Å². The summed E-state index contributed by atoms with van der Waals surface area (Å²) in [5, 5.41) is 4.22. The zero-order valence-corrected chi connectivity index (χ0v) is 13.7. The summed E-state index contributed by atoms with van der Waals surface area (Å²) in [6, 6.07) is 1.82. The van der Waals surface area contributed by atoms with Crippen LogP contribution in [0.4, 0.5) is 0 Å². The molecule has 2 aliphatic heterocycles. The fraction of sp³-hybridized carbons (Fsp3) is 0.714. The van der Waals surface area contributed by atoms with E-state index >= 15 is 0 Å². The van der Waals surface area contributed by atoms with Crippen LogP contribution < -0.4 is 0 Å². The monoisotopic (exact) mass is 326 g/mol. The van der Waals surface area contributed by atoms with Gasteiger partial charge in [-0.25, -0.2) is 8.42 Å². The van der Waals surface area contributed by atoms with E-state index in [1.54, 1.807) is 18.1 Å². The predicted molar refractivity (Wildman–Crippen MR) is 82.1 cm³/mol. The van der Waals surface area contributed by atoms with Gasteiger partial charge in [-0.05, 0) is 19.4 Å². The number of likely N-dealkylation sites (N-methyl/N-ethyl adjacent to an activating group) is 1. The molecule has 122 valence electrons. The Labute approximate surface area is 130 Å². The Morgan fingerprint density at radius 2 is 2.14 bits per heavy atom. The van der Waals surface area contributed by atoms with Gasteiger partial charge in [-0.1, -0.05) is 0 Å². The van der Waals surface area contributed by atoms with Crippen LogP contribution in [0.1, 0.15) is 19.4 Å². The molecule has 2 unspecified atom stereocenters. The van der Waals surface area contributed by atoms with Crippen LogP contribution in [0.15, 0.2) is 18.5 Å². The van der Waals surface area contributed by atoms with Gasteiger partial charge in [-0.15, -0.1) is 0 Å². The lowest BCUT2D eigenvalue weighted by molar-refractivity contribution is -0.139. The Bertz CT molecular complexity index is 637.